The first-order valence-electron chi connectivity index (χ1n) is 24.9. The number of ether oxygens (including phenoxy) is 2. The predicted octanol–water partition coefficient (Wildman–Crippen LogP) is 13.1. The molecule has 0 spiro atoms. The molecular weight excluding hydrogens is 1430 g/mol. The molecule has 2 atom stereocenters. The number of fused-ring (bicyclic) bond motifs is 2. The van der Waals surface area contributed by atoms with Crippen LogP contribution in [0.25, 0.3) is 44.3 Å². The SMILES string of the molecule is C.COc1cc(-c2cccc(C(F)(F)F)c2)c(F)cc1-n1c(=O)ccc2cc(S(=O)(=O)Oc3c(F)c(F)c(F)c(F)c3F)ccc21.COc1cc(Br)c(F)cc1-n1c(=O)ccc2cc(S(=O)(=O)Oc3c(F)c(F)c(F)c(F)c3F)ccc21.Cc1cccc(B(O)O)c1.P.P. The van der Waals surface area contributed by atoms with Crippen LogP contribution in [0, 0.1) is 76.7 Å². The van der Waals surface area contributed by atoms with Crippen LogP contribution in [-0.2, 0) is 26.4 Å². The van der Waals surface area contributed by atoms with Gasteiger partial charge >= 0.3 is 33.5 Å². The highest BCUT2D eigenvalue weighted by molar-refractivity contribution is 9.10. The Morgan fingerprint density at radius 3 is 1.29 bits per heavy atom. The Kier molecular flexibility index (Phi) is 24.2. The number of alkyl halides is 3. The second kappa shape index (κ2) is 29.9. The van der Waals surface area contributed by atoms with Gasteiger partial charge in [0, 0.05) is 40.6 Å². The molecule has 0 amide bonds. The van der Waals surface area contributed by atoms with Crippen LogP contribution in [0.5, 0.6) is 23.0 Å². The van der Waals surface area contributed by atoms with Gasteiger partial charge in [-0.15, -0.1) is 0 Å². The number of aromatic nitrogens is 2. The van der Waals surface area contributed by atoms with Crippen molar-refractivity contribution in [1.82, 2.24) is 9.13 Å². The van der Waals surface area contributed by atoms with E-state index in [9.17, 15) is 87.9 Å². The van der Waals surface area contributed by atoms with Gasteiger partial charge in [0.05, 0.1) is 46.7 Å². The predicted molar refractivity (Wildman–Crippen MR) is 328 cm³/mol. The molecule has 0 bridgehead atoms. The first-order valence-corrected chi connectivity index (χ1v) is 28.5. The molecule has 35 heteroatoms. The van der Waals surface area contributed by atoms with Crippen molar-refractivity contribution in [2.24, 2.45) is 0 Å². The van der Waals surface area contributed by atoms with Gasteiger partial charge in [0.15, 0.2) is 0 Å². The van der Waals surface area contributed by atoms with Crippen LogP contribution < -0.4 is 34.4 Å². The van der Waals surface area contributed by atoms with Gasteiger partial charge < -0.3 is 27.9 Å². The van der Waals surface area contributed by atoms with Gasteiger partial charge in [0.25, 0.3) is 11.1 Å². The summed E-state index contributed by atoms with van der Waals surface area (Å²) in [5, 5.41) is 17.4. The average Bonchev–Trinajstić information content (AvgIpc) is 0.767. The van der Waals surface area contributed by atoms with Crippen LogP contribution in [0.3, 0.4) is 0 Å². The summed E-state index contributed by atoms with van der Waals surface area (Å²) >= 11 is 3.00. The van der Waals surface area contributed by atoms with Crippen molar-refractivity contribution in [1.29, 1.82) is 0 Å². The van der Waals surface area contributed by atoms with Crippen LogP contribution in [0.4, 0.5) is 65.9 Å². The molecule has 94 heavy (non-hydrogen) atoms. The summed E-state index contributed by atoms with van der Waals surface area (Å²) in [7, 11) is -9.29. The van der Waals surface area contributed by atoms with Crippen LogP contribution >= 0.6 is 35.7 Å². The molecule has 10 aromatic rings. The Morgan fingerprint density at radius 2 is 0.894 bits per heavy atom. The molecule has 10 rings (SSSR count). The molecule has 0 fully saturated rings. The third-order valence-corrected chi connectivity index (χ3v) is 15.9. The fourth-order valence-electron chi connectivity index (χ4n) is 8.54. The summed E-state index contributed by atoms with van der Waals surface area (Å²) in [4.78, 5) is 24.0. The molecule has 2 aromatic heterocycles. The number of methoxy groups -OCH3 is 2. The number of nitrogens with zero attached hydrogens (tertiary/aromatic N) is 2. The summed E-state index contributed by atoms with van der Waals surface area (Å²) in [5.74, 6) is -30.7. The van der Waals surface area contributed by atoms with Crippen LogP contribution in [0.1, 0.15) is 18.6 Å². The van der Waals surface area contributed by atoms with Crippen molar-refractivity contribution in [2.45, 2.75) is 30.3 Å². The molecule has 14 nitrogen and oxygen atoms in total. The Bertz CT molecular complexity index is 4900. The van der Waals surface area contributed by atoms with Crippen LogP contribution in [-0.4, -0.2) is 57.4 Å². The highest BCUT2D eigenvalue weighted by Gasteiger charge is 2.34. The maximum atomic E-state index is 15.4. The van der Waals surface area contributed by atoms with E-state index in [1.165, 1.54) is 25.3 Å². The molecule has 498 valence electrons. The Morgan fingerprint density at radius 1 is 0.489 bits per heavy atom. The van der Waals surface area contributed by atoms with Gasteiger partial charge in [0.2, 0.25) is 69.7 Å². The molecule has 0 saturated heterocycles. The molecule has 2 heterocycles. The minimum absolute atomic E-state index is 0. The van der Waals surface area contributed by atoms with E-state index in [0.717, 1.165) is 113 Å². The topological polar surface area (TPSA) is 190 Å². The fourth-order valence-corrected chi connectivity index (χ4v) is 10.8. The number of hydrogen-bond acceptors (Lipinski definition) is 12. The van der Waals surface area contributed by atoms with E-state index >= 15 is 4.39 Å². The van der Waals surface area contributed by atoms with E-state index in [1.54, 1.807) is 18.2 Å². The Hall–Kier alpha value is -8.45. The van der Waals surface area contributed by atoms with Crippen molar-refractivity contribution in [3.63, 3.8) is 0 Å². The third kappa shape index (κ3) is 15.5. The van der Waals surface area contributed by atoms with Crippen molar-refractivity contribution < 1.29 is 111 Å². The maximum absolute atomic E-state index is 15.4. The van der Waals surface area contributed by atoms with Gasteiger partial charge in [-0.05, 0) is 107 Å². The van der Waals surface area contributed by atoms with Gasteiger partial charge in [-0.1, -0.05) is 49.4 Å². The lowest BCUT2D eigenvalue weighted by molar-refractivity contribution is -0.137. The quantitative estimate of drug-likeness (QED) is 0.0294. The van der Waals surface area contributed by atoms with E-state index < -0.39 is 141 Å². The zero-order chi connectivity index (χ0) is 67.1. The van der Waals surface area contributed by atoms with Gasteiger partial charge in [-0.3, -0.25) is 18.7 Å². The number of pyridine rings is 2. The lowest BCUT2D eigenvalue weighted by Gasteiger charge is -2.17. The molecule has 8 aromatic carbocycles. The monoisotopic (exact) mass is 1470 g/mol. The molecule has 0 radical (unpaired) electrons. The lowest BCUT2D eigenvalue weighted by Crippen LogP contribution is -2.29. The number of hydrogen-bond donors (Lipinski definition) is 2. The van der Waals surface area contributed by atoms with E-state index in [0.29, 0.717) is 5.46 Å². The van der Waals surface area contributed by atoms with Crippen LogP contribution in [0.2, 0.25) is 0 Å². The minimum atomic E-state index is -5.24. The average molecular weight is 1470 g/mol. The zero-order valence-corrected chi connectivity index (χ0v) is 53.0. The number of halogens is 16. The number of benzene rings is 8. The second-order valence-electron chi connectivity index (χ2n) is 18.6. The number of rotatable bonds is 12. The van der Waals surface area contributed by atoms with Gasteiger partial charge in [-0.25, -0.2) is 35.1 Å². The largest absolute Gasteiger partial charge is 0.495 e. The molecule has 2 N–H and O–H groups in total. The summed E-state index contributed by atoms with van der Waals surface area (Å²) in [6, 6.07) is 24.9. The minimum Gasteiger partial charge on any atom is -0.495 e. The van der Waals surface area contributed by atoms with Crippen molar-refractivity contribution >= 4 is 90.4 Å². The molecule has 0 aliphatic carbocycles. The van der Waals surface area contributed by atoms with E-state index in [-0.39, 0.29) is 87.5 Å². The highest BCUT2D eigenvalue weighted by atomic mass is 79.9. The Labute approximate surface area is 537 Å². The molecule has 2 unspecified atom stereocenters. The highest BCUT2D eigenvalue weighted by Crippen LogP contribution is 2.39. The molecular formula is C59H43BBrF15N2O12P2S2. The lowest BCUT2D eigenvalue weighted by atomic mass is 9.80. The van der Waals surface area contributed by atoms with Crippen molar-refractivity contribution in [2.75, 3.05) is 14.2 Å². The fraction of sp³-hybridized carbons (Fsp3) is 0.0847. The van der Waals surface area contributed by atoms with Gasteiger partial charge in [-0.2, -0.15) is 67.4 Å². The summed E-state index contributed by atoms with van der Waals surface area (Å²) in [5.41, 5.74) is -1.63. The van der Waals surface area contributed by atoms with E-state index in [1.807, 2.05) is 13.0 Å². The maximum Gasteiger partial charge on any atom is 0.488 e. The summed E-state index contributed by atoms with van der Waals surface area (Å²) in [6.07, 6.45) is -4.71. The summed E-state index contributed by atoms with van der Waals surface area (Å²) in [6.45, 7) is 1.91. The first-order chi connectivity index (χ1) is 42.6. The normalized spacial score (nSPS) is 11.2. The smallest absolute Gasteiger partial charge is 0.488 e. The number of aryl methyl sites for hydroxylation is 1. The van der Waals surface area contributed by atoms with Gasteiger partial charge in [0.1, 0.15) is 32.9 Å². The third-order valence-electron chi connectivity index (χ3n) is 12.8. The van der Waals surface area contributed by atoms with Crippen molar-refractivity contribution in [3.8, 4) is 45.5 Å². The molecule has 0 saturated carbocycles. The first kappa shape index (κ1) is 76.3. The molecule has 0 aliphatic heterocycles. The summed E-state index contributed by atoms with van der Waals surface area (Å²) < 4.78 is 278. The second-order valence-corrected chi connectivity index (χ2v) is 22.6. The standard InChI is InChI=1S/C29H14F9NO5S.C22H10BrF6NO5S.C7H9BO2.CH4.2H3P/c1-43-21-11-17(13-3-2-4-15(9-13)29(36,37)38)18(30)12-20(21)39-19-7-6-16(10-14(19)5-8-22(39)40)45(41,42)44-28-26(34)24(32)23(31)25(33)27(28)35;1-34-15-7-11(23)12(24)8-14(15)30-13-4-3-10(6-9(13)2-5-16(30)31)36(32,33)35-22-20(28)18(26)17(25)19(27)21(22)29;1-6-3-2-4-7(5-6)8(9)10;;;/h2-12H,1H3;2-8H,1H3;2-5,9-10H,1H3;1H4;2*1H3. The van der Waals surface area contributed by atoms with E-state index in [4.69, 9.17) is 19.5 Å². The molecule has 0 aliphatic rings. The Balaban J connectivity index is 0.000000293. The van der Waals surface area contributed by atoms with E-state index in [2.05, 4.69) is 24.3 Å². The van der Waals surface area contributed by atoms with Crippen LogP contribution in [0.15, 0.2) is 157 Å². The zero-order valence-electron chi connectivity index (χ0n) is 46.9. The van der Waals surface area contributed by atoms with Crippen molar-refractivity contribution in [3.05, 3.63) is 240 Å².